The van der Waals surface area contributed by atoms with Crippen LogP contribution in [0.4, 0.5) is 0 Å². The monoisotopic (exact) mass is 422 g/mol. The Morgan fingerprint density at radius 3 is 2.10 bits per heavy atom. The van der Waals surface area contributed by atoms with Crippen molar-refractivity contribution in [2.45, 2.75) is 32.7 Å². The Balaban J connectivity index is 1.60. The molecule has 1 aliphatic rings. The summed E-state index contributed by atoms with van der Waals surface area (Å²) in [4.78, 5) is 40.3. The van der Waals surface area contributed by atoms with Gasteiger partial charge in [0.15, 0.2) is 5.78 Å². The van der Waals surface area contributed by atoms with Gasteiger partial charge < -0.3 is 15.0 Å². The summed E-state index contributed by atoms with van der Waals surface area (Å²) in [5.74, 6) is 0.296. The van der Waals surface area contributed by atoms with Crippen LogP contribution in [0.2, 0.25) is 0 Å². The highest BCUT2D eigenvalue weighted by Gasteiger charge is 2.33. The summed E-state index contributed by atoms with van der Waals surface area (Å²) >= 11 is 0. The van der Waals surface area contributed by atoms with Gasteiger partial charge in [0.1, 0.15) is 11.8 Å². The third-order valence-corrected chi connectivity index (χ3v) is 5.81. The molecule has 0 saturated carbocycles. The summed E-state index contributed by atoms with van der Waals surface area (Å²) in [6.45, 7) is 4.87. The van der Waals surface area contributed by atoms with Crippen LogP contribution in [0.5, 0.6) is 5.75 Å². The van der Waals surface area contributed by atoms with Crippen LogP contribution < -0.4 is 10.1 Å². The Labute approximate surface area is 183 Å². The minimum absolute atomic E-state index is 0.0571. The quantitative estimate of drug-likeness (QED) is 0.692. The van der Waals surface area contributed by atoms with Gasteiger partial charge in [0.2, 0.25) is 5.91 Å². The average Bonchev–Trinajstić information content (AvgIpc) is 2.82. The first kappa shape index (κ1) is 22.5. The Hall–Kier alpha value is -3.15. The molecule has 2 aromatic carbocycles. The van der Waals surface area contributed by atoms with Crippen LogP contribution in [-0.2, 0) is 4.79 Å². The van der Waals surface area contributed by atoms with Crippen LogP contribution in [0, 0.1) is 11.8 Å². The first-order chi connectivity index (χ1) is 14.9. The number of rotatable bonds is 7. The average molecular weight is 423 g/mol. The second-order valence-electron chi connectivity index (χ2n) is 8.25. The van der Waals surface area contributed by atoms with E-state index < -0.39 is 6.04 Å². The van der Waals surface area contributed by atoms with E-state index in [-0.39, 0.29) is 29.4 Å². The van der Waals surface area contributed by atoms with Crippen molar-refractivity contribution in [3.63, 3.8) is 0 Å². The summed E-state index contributed by atoms with van der Waals surface area (Å²) in [7, 11) is 1.57. The van der Waals surface area contributed by atoms with Crippen molar-refractivity contribution in [2.75, 3.05) is 20.2 Å². The first-order valence-electron chi connectivity index (χ1n) is 10.7. The molecule has 2 amide bonds. The lowest BCUT2D eigenvalue weighted by atomic mass is 9.88. The standard InChI is InChI=1S/C25H30N2O4/c1-17(2)22(26-24(29)20-9-11-21(31-3)12-10-20)25(30)27-15-13-19(14-16-27)23(28)18-7-5-4-6-8-18/h4-12,17,19,22H,13-16H2,1-3H3,(H,26,29)/t22-/m1/s1. The van der Waals surface area contributed by atoms with Crippen LogP contribution in [0.15, 0.2) is 54.6 Å². The van der Waals surface area contributed by atoms with Crippen LogP contribution in [0.3, 0.4) is 0 Å². The van der Waals surface area contributed by atoms with Crippen molar-refractivity contribution in [2.24, 2.45) is 11.8 Å². The van der Waals surface area contributed by atoms with Crippen molar-refractivity contribution in [1.82, 2.24) is 10.2 Å². The van der Waals surface area contributed by atoms with Gasteiger partial charge in [-0.3, -0.25) is 14.4 Å². The van der Waals surface area contributed by atoms with Crippen molar-refractivity contribution in [1.29, 1.82) is 0 Å². The molecule has 1 aliphatic heterocycles. The van der Waals surface area contributed by atoms with E-state index in [0.29, 0.717) is 37.2 Å². The predicted molar refractivity (Wildman–Crippen MR) is 119 cm³/mol. The molecule has 1 fully saturated rings. The number of hydrogen-bond donors (Lipinski definition) is 1. The van der Waals surface area contributed by atoms with Gasteiger partial charge in [-0.2, -0.15) is 0 Å². The Kier molecular flexibility index (Phi) is 7.45. The third-order valence-electron chi connectivity index (χ3n) is 5.81. The largest absolute Gasteiger partial charge is 0.497 e. The van der Waals surface area contributed by atoms with Gasteiger partial charge in [-0.25, -0.2) is 0 Å². The van der Waals surface area contributed by atoms with E-state index in [1.807, 2.05) is 44.2 Å². The van der Waals surface area contributed by atoms with Gasteiger partial charge >= 0.3 is 0 Å². The number of hydrogen-bond acceptors (Lipinski definition) is 4. The van der Waals surface area contributed by atoms with E-state index in [1.165, 1.54) is 0 Å². The zero-order valence-corrected chi connectivity index (χ0v) is 18.3. The number of ether oxygens (including phenoxy) is 1. The fourth-order valence-corrected chi connectivity index (χ4v) is 3.88. The first-order valence-corrected chi connectivity index (χ1v) is 10.7. The highest BCUT2D eigenvalue weighted by molar-refractivity contribution is 5.99. The molecule has 3 rings (SSSR count). The maximum absolute atomic E-state index is 13.2. The van der Waals surface area contributed by atoms with Gasteiger partial charge in [-0.05, 0) is 43.0 Å². The highest BCUT2D eigenvalue weighted by Crippen LogP contribution is 2.23. The molecule has 1 heterocycles. The minimum atomic E-state index is -0.615. The zero-order valence-electron chi connectivity index (χ0n) is 18.3. The topological polar surface area (TPSA) is 75.7 Å². The smallest absolute Gasteiger partial charge is 0.251 e. The molecule has 0 spiro atoms. The van der Waals surface area contributed by atoms with Gasteiger partial charge in [0.05, 0.1) is 7.11 Å². The lowest BCUT2D eigenvalue weighted by Gasteiger charge is -2.35. The summed E-state index contributed by atoms with van der Waals surface area (Å²) in [6, 6.07) is 15.5. The van der Waals surface area contributed by atoms with E-state index in [4.69, 9.17) is 4.74 Å². The molecule has 0 aliphatic carbocycles. The summed E-state index contributed by atoms with van der Waals surface area (Å²) in [5, 5.41) is 2.89. The zero-order chi connectivity index (χ0) is 22.4. The number of amides is 2. The second kappa shape index (κ2) is 10.2. The highest BCUT2D eigenvalue weighted by atomic mass is 16.5. The van der Waals surface area contributed by atoms with Gasteiger partial charge in [0, 0.05) is 30.1 Å². The molecule has 2 aromatic rings. The number of benzene rings is 2. The molecule has 6 nitrogen and oxygen atoms in total. The van der Waals surface area contributed by atoms with Gasteiger partial charge in [-0.1, -0.05) is 44.2 Å². The van der Waals surface area contributed by atoms with Crippen LogP contribution in [-0.4, -0.2) is 48.7 Å². The van der Waals surface area contributed by atoms with Crippen molar-refractivity contribution >= 4 is 17.6 Å². The molecule has 0 radical (unpaired) electrons. The van der Waals surface area contributed by atoms with Crippen LogP contribution >= 0.6 is 0 Å². The van der Waals surface area contributed by atoms with Crippen molar-refractivity contribution < 1.29 is 19.1 Å². The molecule has 1 saturated heterocycles. The Morgan fingerprint density at radius 1 is 0.935 bits per heavy atom. The number of nitrogens with zero attached hydrogens (tertiary/aromatic N) is 1. The molecule has 0 unspecified atom stereocenters. The summed E-state index contributed by atoms with van der Waals surface area (Å²) in [5.41, 5.74) is 1.20. The maximum Gasteiger partial charge on any atom is 0.251 e. The molecule has 31 heavy (non-hydrogen) atoms. The number of likely N-dealkylation sites (tertiary alicyclic amines) is 1. The number of ketones is 1. The molecular formula is C25H30N2O4. The number of methoxy groups -OCH3 is 1. The molecular weight excluding hydrogens is 392 g/mol. The van der Waals surface area contributed by atoms with E-state index >= 15 is 0 Å². The molecule has 1 N–H and O–H groups in total. The van der Waals surface area contributed by atoms with Crippen LogP contribution in [0.25, 0.3) is 0 Å². The third kappa shape index (κ3) is 5.51. The van der Waals surface area contributed by atoms with E-state index in [0.717, 1.165) is 5.56 Å². The fraction of sp³-hybridized carbons (Fsp3) is 0.400. The number of Topliss-reactive ketones (excluding diaryl/α,β-unsaturated/α-hetero) is 1. The summed E-state index contributed by atoms with van der Waals surface area (Å²) < 4.78 is 5.12. The summed E-state index contributed by atoms with van der Waals surface area (Å²) in [6.07, 6.45) is 1.27. The SMILES string of the molecule is COc1ccc(C(=O)N[C@@H](C(=O)N2CCC(C(=O)c3ccccc3)CC2)C(C)C)cc1. The molecule has 1 atom stereocenters. The van der Waals surface area contributed by atoms with E-state index in [2.05, 4.69) is 5.32 Å². The lowest BCUT2D eigenvalue weighted by molar-refractivity contribution is -0.135. The van der Waals surface area contributed by atoms with Crippen molar-refractivity contribution in [3.05, 3.63) is 65.7 Å². The normalized spacial score (nSPS) is 15.4. The number of carbonyl (C=O) groups is 3. The molecule has 0 bridgehead atoms. The van der Waals surface area contributed by atoms with E-state index in [9.17, 15) is 14.4 Å². The number of nitrogens with one attached hydrogen (secondary N) is 1. The maximum atomic E-state index is 13.2. The Morgan fingerprint density at radius 2 is 1.55 bits per heavy atom. The van der Waals surface area contributed by atoms with Gasteiger partial charge in [0.25, 0.3) is 5.91 Å². The molecule has 6 heteroatoms. The second-order valence-corrected chi connectivity index (χ2v) is 8.25. The molecule has 164 valence electrons. The number of piperidine rings is 1. The van der Waals surface area contributed by atoms with Crippen LogP contribution in [0.1, 0.15) is 47.4 Å². The van der Waals surface area contributed by atoms with Gasteiger partial charge in [-0.15, -0.1) is 0 Å². The number of carbonyl (C=O) groups excluding carboxylic acids is 3. The van der Waals surface area contributed by atoms with Crippen molar-refractivity contribution in [3.8, 4) is 5.75 Å². The van der Waals surface area contributed by atoms with E-state index in [1.54, 1.807) is 36.3 Å². The minimum Gasteiger partial charge on any atom is -0.497 e. The fourth-order valence-electron chi connectivity index (χ4n) is 3.88. The predicted octanol–water partition coefficient (Wildman–Crippen LogP) is 3.57. The Bertz CT molecular complexity index is 901. The molecule has 0 aromatic heterocycles. The lowest BCUT2D eigenvalue weighted by Crippen LogP contribution is -2.53.